The lowest BCUT2D eigenvalue weighted by Gasteiger charge is -2.04. The van der Waals surface area contributed by atoms with Crippen LogP contribution in [0.1, 0.15) is 12.5 Å². The van der Waals surface area contributed by atoms with Crippen molar-refractivity contribution in [3.8, 4) is 5.75 Å². The molecular weight excluding hydrogens is 192 g/mol. The van der Waals surface area contributed by atoms with Gasteiger partial charge in [0.2, 0.25) is 0 Å². The fourth-order valence-electron chi connectivity index (χ4n) is 1.34. The number of epoxide rings is 1. The molecule has 1 unspecified atom stereocenters. The Bertz CT molecular complexity index is 338. The third kappa shape index (κ3) is 3.36. The highest BCUT2D eigenvalue weighted by Gasteiger charge is 2.22. The SMILES string of the molecule is CC(=O)Cc1ccc(OCC2CO2)cc1. The molecule has 1 heterocycles. The van der Waals surface area contributed by atoms with Crippen LogP contribution in [0.4, 0.5) is 0 Å². The van der Waals surface area contributed by atoms with Crippen LogP contribution in [0.15, 0.2) is 24.3 Å². The summed E-state index contributed by atoms with van der Waals surface area (Å²) >= 11 is 0. The number of benzene rings is 1. The molecule has 0 saturated carbocycles. The van der Waals surface area contributed by atoms with E-state index < -0.39 is 0 Å². The Hall–Kier alpha value is -1.35. The van der Waals surface area contributed by atoms with Crippen molar-refractivity contribution in [2.75, 3.05) is 13.2 Å². The average Bonchev–Trinajstić information content (AvgIpc) is 2.99. The molecule has 1 aromatic carbocycles. The van der Waals surface area contributed by atoms with Gasteiger partial charge in [-0.05, 0) is 24.6 Å². The largest absolute Gasteiger partial charge is 0.491 e. The highest BCUT2D eigenvalue weighted by atomic mass is 16.6. The van der Waals surface area contributed by atoms with Crippen LogP contribution in [0.25, 0.3) is 0 Å². The van der Waals surface area contributed by atoms with Crippen LogP contribution in [-0.4, -0.2) is 25.1 Å². The molecule has 15 heavy (non-hydrogen) atoms. The van der Waals surface area contributed by atoms with Crippen molar-refractivity contribution >= 4 is 5.78 Å². The van der Waals surface area contributed by atoms with Crippen molar-refractivity contribution in [3.63, 3.8) is 0 Å². The Morgan fingerprint density at radius 1 is 1.47 bits per heavy atom. The zero-order chi connectivity index (χ0) is 10.7. The predicted octanol–water partition coefficient (Wildman–Crippen LogP) is 1.60. The summed E-state index contributed by atoms with van der Waals surface area (Å²) in [6.45, 7) is 3.02. The van der Waals surface area contributed by atoms with Crippen molar-refractivity contribution in [2.45, 2.75) is 19.4 Å². The lowest BCUT2D eigenvalue weighted by Crippen LogP contribution is -2.04. The van der Waals surface area contributed by atoms with Crippen LogP contribution >= 0.6 is 0 Å². The average molecular weight is 206 g/mol. The Kier molecular flexibility index (Phi) is 3.02. The summed E-state index contributed by atoms with van der Waals surface area (Å²) in [6, 6.07) is 7.62. The number of rotatable bonds is 5. The van der Waals surface area contributed by atoms with E-state index in [4.69, 9.17) is 9.47 Å². The summed E-state index contributed by atoms with van der Waals surface area (Å²) in [6.07, 6.45) is 0.772. The van der Waals surface area contributed by atoms with Crippen molar-refractivity contribution in [1.29, 1.82) is 0 Å². The molecule has 1 atom stereocenters. The molecule has 0 radical (unpaired) electrons. The Balaban J connectivity index is 1.87. The Morgan fingerprint density at radius 3 is 2.67 bits per heavy atom. The molecule has 1 saturated heterocycles. The molecule has 1 fully saturated rings. The first-order valence-corrected chi connectivity index (χ1v) is 5.07. The maximum absolute atomic E-state index is 10.9. The number of hydrogen-bond donors (Lipinski definition) is 0. The molecule has 1 aliphatic heterocycles. The first-order valence-electron chi connectivity index (χ1n) is 5.07. The van der Waals surface area contributed by atoms with Gasteiger partial charge >= 0.3 is 0 Å². The maximum Gasteiger partial charge on any atom is 0.134 e. The van der Waals surface area contributed by atoms with Gasteiger partial charge in [-0.15, -0.1) is 0 Å². The van der Waals surface area contributed by atoms with Gasteiger partial charge in [-0.3, -0.25) is 4.79 Å². The number of ether oxygens (including phenoxy) is 2. The van der Waals surface area contributed by atoms with E-state index in [1.54, 1.807) is 6.92 Å². The molecule has 0 aliphatic carbocycles. The van der Waals surface area contributed by atoms with Gasteiger partial charge in [-0.1, -0.05) is 12.1 Å². The number of hydrogen-bond acceptors (Lipinski definition) is 3. The normalized spacial score (nSPS) is 18.6. The molecule has 0 amide bonds. The van der Waals surface area contributed by atoms with Crippen LogP contribution in [0.2, 0.25) is 0 Å². The van der Waals surface area contributed by atoms with Crippen molar-refractivity contribution in [1.82, 2.24) is 0 Å². The van der Waals surface area contributed by atoms with Crippen molar-refractivity contribution in [2.24, 2.45) is 0 Å². The molecule has 3 nitrogen and oxygen atoms in total. The van der Waals surface area contributed by atoms with Gasteiger partial charge in [-0.25, -0.2) is 0 Å². The smallest absolute Gasteiger partial charge is 0.134 e. The standard InChI is InChI=1S/C12H14O3/c1-9(13)6-10-2-4-11(5-3-10)14-7-12-8-15-12/h2-5,12H,6-8H2,1H3. The number of Topliss-reactive ketones (excluding diaryl/α,β-unsaturated/α-hetero) is 1. The monoisotopic (exact) mass is 206 g/mol. The van der Waals surface area contributed by atoms with Gasteiger partial charge in [-0.2, -0.15) is 0 Å². The van der Waals surface area contributed by atoms with Crippen LogP contribution in [0.5, 0.6) is 5.75 Å². The molecular formula is C12H14O3. The second-order valence-corrected chi connectivity index (χ2v) is 3.79. The molecule has 0 N–H and O–H groups in total. The van der Waals surface area contributed by atoms with Gasteiger partial charge in [0.1, 0.15) is 24.2 Å². The van der Waals surface area contributed by atoms with Crippen LogP contribution in [0.3, 0.4) is 0 Å². The molecule has 80 valence electrons. The third-order valence-corrected chi connectivity index (χ3v) is 2.21. The predicted molar refractivity (Wildman–Crippen MR) is 56.1 cm³/mol. The summed E-state index contributed by atoms with van der Waals surface area (Å²) < 4.78 is 10.5. The van der Waals surface area contributed by atoms with E-state index in [1.807, 2.05) is 24.3 Å². The molecule has 3 heteroatoms. The van der Waals surface area contributed by atoms with Gasteiger partial charge in [0.05, 0.1) is 6.61 Å². The van der Waals surface area contributed by atoms with Gasteiger partial charge in [0.15, 0.2) is 0 Å². The van der Waals surface area contributed by atoms with E-state index in [-0.39, 0.29) is 11.9 Å². The number of carbonyl (C=O) groups excluding carboxylic acids is 1. The highest BCUT2D eigenvalue weighted by Crippen LogP contribution is 2.16. The third-order valence-electron chi connectivity index (χ3n) is 2.21. The fourth-order valence-corrected chi connectivity index (χ4v) is 1.34. The van der Waals surface area contributed by atoms with E-state index in [1.165, 1.54) is 0 Å². The van der Waals surface area contributed by atoms with Gasteiger partial charge < -0.3 is 9.47 Å². The van der Waals surface area contributed by atoms with Crippen molar-refractivity contribution < 1.29 is 14.3 Å². The van der Waals surface area contributed by atoms with Gasteiger partial charge in [0, 0.05) is 6.42 Å². The van der Waals surface area contributed by atoms with Gasteiger partial charge in [0.25, 0.3) is 0 Å². The summed E-state index contributed by atoms with van der Waals surface area (Å²) in [5, 5.41) is 0. The minimum absolute atomic E-state index is 0.176. The lowest BCUT2D eigenvalue weighted by molar-refractivity contribution is -0.116. The first kappa shape index (κ1) is 10.2. The fraction of sp³-hybridized carbons (Fsp3) is 0.417. The molecule has 0 spiro atoms. The molecule has 0 aromatic heterocycles. The lowest BCUT2D eigenvalue weighted by atomic mass is 10.1. The summed E-state index contributed by atoms with van der Waals surface area (Å²) in [5.41, 5.74) is 1.03. The maximum atomic E-state index is 10.9. The summed E-state index contributed by atoms with van der Waals surface area (Å²) in [4.78, 5) is 10.9. The summed E-state index contributed by atoms with van der Waals surface area (Å²) in [7, 11) is 0. The second kappa shape index (κ2) is 4.45. The molecule has 2 rings (SSSR count). The van der Waals surface area contributed by atoms with E-state index in [9.17, 15) is 4.79 Å². The van der Waals surface area contributed by atoms with E-state index in [0.717, 1.165) is 17.9 Å². The minimum Gasteiger partial charge on any atom is -0.491 e. The second-order valence-electron chi connectivity index (χ2n) is 3.79. The molecule has 0 bridgehead atoms. The van der Waals surface area contributed by atoms with Crippen molar-refractivity contribution in [3.05, 3.63) is 29.8 Å². The number of ketones is 1. The van der Waals surface area contributed by atoms with Crippen LogP contribution in [0, 0.1) is 0 Å². The first-order chi connectivity index (χ1) is 7.24. The zero-order valence-electron chi connectivity index (χ0n) is 8.73. The topological polar surface area (TPSA) is 38.8 Å². The van der Waals surface area contributed by atoms with E-state index in [2.05, 4.69) is 0 Å². The zero-order valence-corrected chi connectivity index (χ0v) is 8.73. The number of carbonyl (C=O) groups is 1. The molecule has 1 aromatic rings. The highest BCUT2D eigenvalue weighted by molar-refractivity contribution is 5.78. The minimum atomic E-state index is 0.176. The molecule has 1 aliphatic rings. The van der Waals surface area contributed by atoms with Crippen LogP contribution < -0.4 is 4.74 Å². The Morgan fingerprint density at radius 2 is 2.13 bits per heavy atom. The van der Waals surface area contributed by atoms with E-state index in [0.29, 0.717) is 13.0 Å². The summed E-state index contributed by atoms with van der Waals surface area (Å²) in [5.74, 6) is 1.01. The Labute approximate surface area is 89.0 Å². The van der Waals surface area contributed by atoms with Crippen LogP contribution in [-0.2, 0) is 16.0 Å². The van der Waals surface area contributed by atoms with E-state index >= 15 is 0 Å². The quantitative estimate of drug-likeness (QED) is 0.687.